The lowest BCUT2D eigenvalue weighted by molar-refractivity contribution is -0.143. The van der Waals surface area contributed by atoms with Gasteiger partial charge in [-0.2, -0.15) is 0 Å². The van der Waals surface area contributed by atoms with E-state index >= 15 is 0 Å². The molecular weight excluding hydrogens is 428 g/mol. The van der Waals surface area contributed by atoms with E-state index in [1.165, 1.54) is 0 Å². The first-order chi connectivity index (χ1) is 16.5. The van der Waals surface area contributed by atoms with Gasteiger partial charge in [-0.25, -0.2) is 4.79 Å². The molecule has 0 aromatic heterocycles. The van der Waals surface area contributed by atoms with Crippen molar-refractivity contribution in [2.24, 2.45) is 5.73 Å². The van der Waals surface area contributed by atoms with Crippen LogP contribution in [0.1, 0.15) is 23.1 Å². The number of amidine groups is 1. The summed E-state index contributed by atoms with van der Waals surface area (Å²) in [4.78, 5) is 28.5. The molecule has 3 N–H and O–H groups in total. The number of hydrogen-bond donors (Lipinski definition) is 2. The minimum atomic E-state index is -0.207. The SMILES string of the molecule is N=C(N)c1ccc(N2CCN(c3ccc(CCC(=O)OCCc4ccccc4)cc3)C2=O)cc1. The Morgan fingerprint density at radius 3 is 1.97 bits per heavy atom. The Morgan fingerprint density at radius 1 is 0.824 bits per heavy atom. The molecule has 1 aliphatic heterocycles. The van der Waals surface area contributed by atoms with Gasteiger partial charge in [0.2, 0.25) is 0 Å². The van der Waals surface area contributed by atoms with Gasteiger partial charge in [-0.05, 0) is 53.9 Å². The van der Waals surface area contributed by atoms with E-state index in [0.29, 0.717) is 44.5 Å². The molecule has 0 spiro atoms. The van der Waals surface area contributed by atoms with Crippen molar-refractivity contribution >= 4 is 29.2 Å². The highest BCUT2D eigenvalue weighted by atomic mass is 16.5. The second kappa shape index (κ2) is 10.7. The van der Waals surface area contributed by atoms with Crippen LogP contribution in [0.5, 0.6) is 0 Å². The van der Waals surface area contributed by atoms with E-state index in [1.54, 1.807) is 34.1 Å². The van der Waals surface area contributed by atoms with Crippen LogP contribution in [0, 0.1) is 5.41 Å². The molecule has 3 aromatic rings. The summed E-state index contributed by atoms with van der Waals surface area (Å²) >= 11 is 0. The Balaban J connectivity index is 1.26. The number of carbonyl (C=O) groups is 2. The zero-order valence-electron chi connectivity index (χ0n) is 18.9. The molecule has 1 fully saturated rings. The van der Waals surface area contributed by atoms with Gasteiger partial charge >= 0.3 is 12.0 Å². The summed E-state index contributed by atoms with van der Waals surface area (Å²) in [5, 5.41) is 7.50. The monoisotopic (exact) mass is 456 g/mol. The predicted molar refractivity (Wildman–Crippen MR) is 133 cm³/mol. The highest BCUT2D eigenvalue weighted by Crippen LogP contribution is 2.26. The molecule has 1 heterocycles. The fourth-order valence-electron chi connectivity index (χ4n) is 3.93. The zero-order valence-corrected chi connectivity index (χ0v) is 18.9. The van der Waals surface area contributed by atoms with Crippen molar-refractivity contribution < 1.29 is 14.3 Å². The Hall–Kier alpha value is -4.13. The van der Waals surface area contributed by atoms with Crippen molar-refractivity contribution in [1.29, 1.82) is 5.41 Å². The van der Waals surface area contributed by atoms with E-state index in [4.69, 9.17) is 15.9 Å². The van der Waals surface area contributed by atoms with Crippen molar-refractivity contribution in [3.63, 3.8) is 0 Å². The Kier molecular flexibility index (Phi) is 7.22. The molecule has 7 heteroatoms. The summed E-state index contributed by atoms with van der Waals surface area (Å²) in [7, 11) is 0. The van der Waals surface area contributed by atoms with Gasteiger partial charge in [0.15, 0.2) is 0 Å². The van der Waals surface area contributed by atoms with Gasteiger partial charge < -0.3 is 10.5 Å². The number of aryl methyl sites for hydroxylation is 1. The van der Waals surface area contributed by atoms with Crippen LogP contribution in [0.4, 0.5) is 16.2 Å². The molecule has 1 saturated heterocycles. The molecular formula is C27H28N4O3. The first-order valence-corrected chi connectivity index (χ1v) is 11.3. The third-order valence-corrected chi connectivity index (χ3v) is 5.86. The van der Waals surface area contributed by atoms with Crippen LogP contribution >= 0.6 is 0 Å². The van der Waals surface area contributed by atoms with Crippen LogP contribution < -0.4 is 15.5 Å². The highest BCUT2D eigenvalue weighted by molar-refractivity contribution is 6.06. The molecule has 0 radical (unpaired) electrons. The van der Waals surface area contributed by atoms with E-state index in [2.05, 4.69) is 0 Å². The number of nitrogens with two attached hydrogens (primary N) is 1. The lowest BCUT2D eigenvalue weighted by atomic mass is 10.1. The number of benzene rings is 3. The van der Waals surface area contributed by atoms with E-state index in [9.17, 15) is 9.59 Å². The molecule has 2 amide bonds. The maximum Gasteiger partial charge on any atom is 0.329 e. The number of urea groups is 1. The first kappa shape index (κ1) is 23.0. The number of amides is 2. The number of carbonyl (C=O) groups excluding carboxylic acids is 2. The van der Waals surface area contributed by atoms with Crippen LogP contribution in [-0.4, -0.2) is 37.5 Å². The van der Waals surface area contributed by atoms with Crippen LogP contribution in [0.15, 0.2) is 78.9 Å². The summed E-state index contributed by atoms with van der Waals surface area (Å²) in [5.74, 6) is -0.206. The number of nitrogens with zero attached hydrogens (tertiary/aromatic N) is 2. The molecule has 0 saturated carbocycles. The molecule has 0 aliphatic carbocycles. The molecule has 3 aromatic carbocycles. The third-order valence-electron chi connectivity index (χ3n) is 5.86. The molecule has 4 rings (SSSR count). The lowest BCUT2D eigenvalue weighted by Crippen LogP contribution is -2.31. The summed E-state index contributed by atoms with van der Waals surface area (Å²) in [6, 6.07) is 24.7. The van der Waals surface area contributed by atoms with Gasteiger partial charge in [0.05, 0.1) is 6.61 Å². The van der Waals surface area contributed by atoms with Crippen molar-refractivity contribution in [1.82, 2.24) is 0 Å². The Bertz CT molecular complexity index is 1140. The average Bonchev–Trinajstić information content (AvgIpc) is 3.25. The topological polar surface area (TPSA) is 99.7 Å². The van der Waals surface area contributed by atoms with Crippen LogP contribution in [0.2, 0.25) is 0 Å². The van der Waals surface area contributed by atoms with Crippen molar-refractivity contribution in [2.75, 3.05) is 29.5 Å². The zero-order chi connectivity index (χ0) is 23.9. The number of nitrogens with one attached hydrogen (secondary N) is 1. The molecule has 7 nitrogen and oxygen atoms in total. The highest BCUT2D eigenvalue weighted by Gasteiger charge is 2.30. The minimum Gasteiger partial charge on any atom is -0.465 e. The van der Waals surface area contributed by atoms with E-state index < -0.39 is 0 Å². The lowest BCUT2D eigenvalue weighted by Gasteiger charge is -2.19. The first-order valence-electron chi connectivity index (χ1n) is 11.3. The van der Waals surface area contributed by atoms with Crippen molar-refractivity contribution in [3.05, 3.63) is 95.6 Å². The smallest absolute Gasteiger partial charge is 0.329 e. The van der Waals surface area contributed by atoms with Gasteiger partial charge in [-0.15, -0.1) is 0 Å². The number of esters is 1. The largest absolute Gasteiger partial charge is 0.465 e. The molecule has 0 unspecified atom stereocenters. The summed E-state index contributed by atoms with van der Waals surface area (Å²) in [6.45, 7) is 1.54. The number of hydrogen-bond acceptors (Lipinski definition) is 4. The number of anilines is 2. The third kappa shape index (κ3) is 5.61. The van der Waals surface area contributed by atoms with Crippen LogP contribution in [-0.2, 0) is 22.4 Å². The fraction of sp³-hybridized carbons (Fsp3) is 0.222. The molecule has 0 atom stereocenters. The quantitative estimate of drug-likeness (QED) is 0.287. The minimum absolute atomic E-state index is 0.00135. The summed E-state index contributed by atoms with van der Waals surface area (Å²) < 4.78 is 5.34. The van der Waals surface area contributed by atoms with E-state index in [-0.39, 0.29) is 17.8 Å². The second-order valence-corrected chi connectivity index (χ2v) is 8.17. The Labute approximate surface area is 199 Å². The van der Waals surface area contributed by atoms with E-state index in [0.717, 1.165) is 22.5 Å². The number of nitrogen functional groups attached to an aromatic ring is 1. The van der Waals surface area contributed by atoms with Gasteiger partial charge in [0, 0.05) is 42.9 Å². The fourth-order valence-corrected chi connectivity index (χ4v) is 3.93. The molecule has 1 aliphatic rings. The summed E-state index contributed by atoms with van der Waals surface area (Å²) in [6.07, 6.45) is 1.62. The standard InChI is InChI=1S/C27H28N4O3/c28-26(29)22-9-13-24(14-10-22)31-18-17-30(27(31)33)23-11-6-21(7-12-23)8-15-25(32)34-19-16-20-4-2-1-3-5-20/h1-7,9-14H,8,15-19H2,(H3,28,29). The van der Waals surface area contributed by atoms with Gasteiger partial charge in [0.1, 0.15) is 5.84 Å². The molecule has 34 heavy (non-hydrogen) atoms. The van der Waals surface area contributed by atoms with Crippen molar-refractivity contribution in [3.8, 4) is 0 Å². The predicted octanol–water partition coefficient (Wildman–Crippen LogP) is 4.14. The number of rotatable bonds is 9. The van der Waals surface area contributed by atoms with Gasteiger partial charge in [-0.1, -0.05) is 42.5 Å². The van der Waals surface area contributed by atoms with E-state index in [1.807, 2.05) is 54.6 Å². The van der Waals surface area contributed by atoms with Crippen LogP contribution in [0.3, 0.4) is 0 Å². The Morgan fingerprint density at radius 2 is 1.38 bits per heavy atom. The maximum atomic E-state index is 13.0. The van der Waals surface area contributed by atoms with Gasteiger partial charge in [-0.3, -0.25) is 20.0 Å². The second-order valence-electron chi connectivity index (χ2n) is 8.17. The normalized spacial score (nSPS) is 13.2. The van der Waals surface area contributed by atoms with Crippen molar-refractivity contribution in [2.45, 2.75) is 19.3 Å². The average molecular weight is 457 g/mol. The van der Waals surface area contributed by atoms with Crippen LogP contribution in [0.25, 0.3) is 0 Å². The maximum absolute atomic E-state index is 13.0. The molecule has 174 valence electrons. The molecule has 0 bridgehead atoms. The summed E-state index contributed by atoms with van der Waals surface area (Å²) in [5.41, 5.74) is 9.90. The number of ether oxygens (including phenoxy) is 1. The van der Waals surface area contributed by atoms with Gasteiger partial charge in [0.25, 0.3) is 0 Å².